The number of hydrogen-bond donors (Lipinski definition) is 2. The second kappa shape index (κ2) is 3.59. The molecule has 1 aliphatic heterocycles. The van der Waals surface area contributed by atoms with E-state index in [1.807, 2.05) is 17.5 Å². The molecule has 5 heteroatoms. The Morgan fingerprint density at radius 2 is 2.40 bits per heavy atom. The van der Waals surface area contributed by atoms with Crippen LogP contribution in [0.2, 0.25) is 0 Å². The van der Waals surface area contributed by atoms with Crippen molar-refractivity contribution in [1.29, 1.82) is 0 Å². The number of β-amino-alcohol motifs (C(OH)–C–C–N with tert-alkyl or cyclic N) is 1. The Labute approximate surface area is 92.3 Å². The number of rotatable bonds is 2. The maximum atomic E-state index is 11.8. The third-order valence-corrected chi connectivity index (χ3v) is 3.45. The number of nitrogens with zero attached hydrogens (tertiary/aromatic N) is 1. The molecule has 0 radical (unpaired) electrons. The highest BCUT2D eigenvalue weighted by atomic mass is 32.1. The van der Waals surface area contributed by atoms with Gasteiger partial charge in [-0.25, -0.2) is 0 Å². The first-order valence-corrected chi connectivity index (χ1v) is 5.68. The normalized spacial score (nSPS) is 20.9. The molecule has 82 valence electrons. The molecule has 3 N–H and O–H groups in total. The molecule has 0 spiro atoms. The average molecular weight is 226 g/mol. The third kappa shape index (κ3) is 2.04. The quantitative estimate of drug-likeness (QED) is 0.764. The number of hydrogen-bond acceptors (Lipinski definition) is 4. The first-order chi connectivity index (χ1) is 6.99. The molecular formula is C10H14N2O2S. The number of aliphatic hydroxyl groups is 1. The molecule has 0 bridgehead atoms. The van der Waals surface area contributed by atoms with Crippen molar-refractivity contribution in [2.45, 2.75) is 18.6 Å². The molecule has 4 nitrogen and oxygen atoms in total. The molecule has 1 aliphatic rings. The van der Waals surface area contributed by atoms with Gasteiger partial charge >= 0.3 is 0 Å². The summed E-state index contributed by atoms with van der Waals surface area (Å²) in [7, 11) is 0. The molecule has 0 saturated carbocycles. The fraction of sp³-hybridized carbons (Fsp3) is 0.500. The van der Waals surface area contributed by atoms with E-state index >= 15 is 0 Å². The minimum Gasteiger partial charge on any atom is -0.386 e. The lowest BCUT2D eigenvalue weighted by molar-refractivity contribution is -0.153. The highest BCUT2D eigenvalue weighted by Gasteiger charge is 2.41. The zero-order valence-electron chi connectivity index (χ0n) is 8.51. The predicted octanol–water partition coefficient (Wildman–Crippen LogP) is 0.341. The monoisotopic (exact) mass is 226 g/mol. The van der Waals surface area contributed by atoms with Crippen molar-refractivity contribution in [3.05, 3.63) is 22.4 Å². The Kier molecular flexibility index (Phi) is 2.54. The zero-order valence-corrected chi connectivity index (χ0v) is 9.33. The summed E-state index contributed by atoms with van der Waals surface area (Å²) in [6.45, 7) is 2.48. The summed E-state index contributed by atoms with van der Waals surface area (Å²) < 4.78 is 0. The van der Waals surface area contributed by atoms with E-state index in [4.69, 9.17) is 5.73 Å². The number of likely N-dealkylation sites (tertiary alicyclic amines) is 1. The summed E-state index contributed by atoms with van der Waals surface area (Å²) in [5, 5.41) is 11.4. The fourth-order valence-electron chi connectivity index (χ4n) is 1.72. The largest absolute Gasteiger partial charge is 0.386 e. The highest BCUT2D eigenvalue weighted by molar-refractivity contribution is 7.10. The maximum absolute atomic E-state index is 11.8. The van der Waals surface area contributed by atoms with Gasteiger partial charge < -0.3 is 15.7 Å². The summed E-state index contributed by atoms with van der Waals surface area (Å²) in [5.74, 6) is -0.107. The lowest BCUT2D eigenvalue weighted by atomic mass is 9.96. The minimum atomic E-state index is -0.731. The maximum Gasteiger partial charge on any atom is 0.245 e. The molecule has 1 saturated heterocycles. The number of amides is 1. The summed E-state index contributed by atoms with van der Waals surface area (Å²) >= 11 is 1.48. The van der Waals surface area contributed by atoms with Crippen LogP contribution in [0.3, 0.4) is 0 Å². The van der Waals surface area contributed by atoms with Crippen LogP contribution in [0.5, 0.6) is 0 Å². The summed E-state index contributed by atoms with van der Waals surface area (Å²) in [6, 6.07) is 3.14. The van der Waals surface area contributed by atoms with Crippen LogP contribution >= 0.6 is 11.3 Å². The molecule has 0 aliphatic carbocycles. The van der Waals surface area contributed by atoms with Crippen molar-refractivity contribution in [3.8, 4) is 0 Å². The van der Waals surface area contributed by atoms with Gasteiger partial charge in [-0.1, -0.05) is 6.07 Å². The molecule has 1 unspecified atom stereocenters. The van der Waals surface area contributed by atoms with Crippen LogP contribution in [0, 0.1) is 0 Å². The van der Waals surface area contributed by atoms with Crippen molar-refractivity contribution >= 4 is 17.2 Å². The van der Waals surface area contributed by atoms with Gasteiger partial charge in [0.15, 0.2) is 0 Å². The first kappa shape index (κ1) is 10.6. The summed E-state index contributed by atoms with van der Waals surface area (Å²) in [6.07, 6.45) is 0. The van der Waals surface area contributed by atoms with Crippen LogP contribution in [-0.4, -0.2) is 34.6 Å². The third-order valence-electron chi connectivity index (χ3n) is 2.49. The van der Waals surface area contributed by atoms with Gasteiger partial charge in [-0.05, 0) is 18.4 Å². The molecule has 0 aromatic carbocycles. The minimum absolute atomic E-state index is 0.107. The molecule has 1 fully saturated rings. The molecule has 1 aromatic heterocycles. The Balaban J connectivity index is 1.98. The van der Waals surface area contributed by atoms with E-state index in [9.17, 15) is 9.90 Å². The van der Waals surface area contributed by atoms with Gasteiger partial charge in [0, 0.05) is 4.88 Å². The van der Waals surface area contributed by atoms with Crippen LogP contribution in [-0.2, 0) is 4.79 Å². The van der Waals surface area contributed by atoms with Crippen LogP contribution in [0.15, 0.2) is 17.5 Å². The van der Waals surface area contributed by atoms with Crippen LogP contribution in [0.4, 0.5) is 0 Å². The number of carbonyl (C=O) groups excluding carboxylic acids is 1. The Hall–Kier alpha value is -0.910. The lowest BCUT2D eigenvalue weighted by Gasteiger charge is -2.44. The number of carbonyl (C=O) groups is 1. The van der Waals surface area contributed by atoms with Crippen LogP contribution < -0.4 is 5.73 Å². The standard InChI is InChI=1S/C10H14N2O2S/c1-10(14)5-12(6-10)9(13)8(11)7-3-2-4-15-7/h2-4,8,14H,5-6,11H2,1H3. The van der Waals surface area contributed by atoms with Gasteiger partial charge in [0.2, 0.25) is 5.91 Å². The van der Waals surface area contributed by atoms with Gasteiger partial charge in [0.05, 0.1) is 18.7 Å². The summed E-state index contributed by atoms with van der Waals surface area (Å²) in [4.78, 5) is 14.3. The van der Waals surface area contributed by atoms with Crippen LogP contribution in [0.25, 0.3) is 0 Å². The fourth-order valence-corrected chi connectivity index (χ4v) is 2.44. The van der Waals surface area contributed by atoms with Gasteiger partial charge in [-0.3, -0.25) is 4.79 Å². The zero-order chi connectivity index (χ0) is 11.1. The van der Waals surface area contributed by atoms with Crippen molar-refractivity contribution in [1.82, 2.24) is 4.90 Å². The van der Waals surface area contributed by atoms with Gasteiger partial charge in [0.1, 0.15) is 6.04 Å². The van der Waals surface area contributed by atoms with Crippen molar-refractivity contribution in [2.75, 3.05) is 13.1 Å². The Morgan fingerprint density at radius 3 is 2.87 bits per heavy atom. The molecule has 1 amide bonds. The van der Waals surface area contributed by atoms with Crippen LogP contribution in [0.1, 0.15) is 17.8 Å². The molecule has 15 heavy (non-hydrogen) atoms. The number of nitrogens with two attached hydrogens (primary N) is 1. The van der Waals surface area contributed by atoms with Gasteiger partial charge in [-0.2, -0.15) is 0 Å². The average Bonchev–Trinajstić information content (AvgIpc) is 2.64. The lowest BCUT2D eigenvalue weighted by Crippen LogP contribution is -2.63. The highest BCUT2D eigenvalue weighted by Crippen LogP contribution is 2.25. The van der Waals surface area contributed by atoms with Crippen molar-refractivity contribution in [2.24, 2.45) is 5.73 Å². The molecule has 1 aromatic rings. The van der Waals surface area contributed by atoms with Crippen molar-refractivity contribution in [3.63, 3.8) is 0 Å². The molecule has 1 atom stereocenters. The molecule has 2 rings (SSSR count). The predicted molar refractivity (Wildman–Crippen MR) is 58.5 cm³/mol. The van der Waals surface area contributed by atoms with Crippen molar-refractivity contribution < 1.29 is 9.90 Å². The first-order valence-electron chi connectivity index (χ1n) is 4.80. The topological polar surface area (TPSA) is 66.6 Å². The Morgan fingerprint density at radius 1 is 1.73 bits per heavy atom. The van der Waals surface area contributed by atoms with E-state index in [0.717, 1.165) is 4.88 Å². The van der Waals surface area contributed by atoms with E-state index in [0.29, 0.717) is 13.1 Å². The van der Waals surface area contributed by atoms with E-state index in [1.165, 1.54) is 11.3 Å². The SMILES string of the molecule is CC1(O)CN(C(=O)C(N)c2cccs2)C1. The number of thiophene rings is 1. The Bertz CT molecular complexity index is 354. The summed E-state index contributed by atoms with van der Waals surface area (Å²) in [5.41, 5.74) is 5.09. The van der Waals surface area contributed by atoms with E-state index in [2.05, 4.69) is 0 Å². The van der Waals surface area contributed by atoms with E-state index < -0.39 is 11.6 Å². The van der Waals surface area contributed by atoms with E-state index in [-0.39, 0.29) is 5.91 Å². The second-order valence-corrected chi connectivity index (χ2v) is 5.16. The second-order valence-electron chi connectivity index (χ2n) is 4.18. The van der Waals surface area contributed by atoms with Gasteiger partial charge in [0.25, 0.3) is 0 Å². The van der Waals surface area contributed by atoms with E-state index in [1.54, 1.807) is 11.8 Å². The molecule has 2 heterocycles. The smallest absolute Gasteiger partial charge is 0.245 e. The molecular weight excluding hydrogens is 212 g/mol. The van der Waals surface area contributed by atoms with Gasteiger partial charge in [-0.15, -0.1) is 11.3 Å².